The molecule has 2 aromatic carbocycles. The summed E-state index contributed by atoms with van der Waals surface area (Å²) in [5.41, 5.74) is 8.08. The van der Waals surface area contributed by atoms with Gasteiger partial charge >= 0.3 is 0 Å². The summed E-state index contributed by atoms with van der Waals surface area (Å²) in [6, 6.07) is 14.3. The lowest BCUT2D eigenvalue weighted by Crippen LogP contribution is -2.31. The van der Waals surface area contributed by atoms with Gasteiger partial charge in [-0.05, 0) is 30.7 Å². The van der Waals surface area contributed by atoms with Gasteiger partial charge in [0.15, 0.2) is 0 Å². The minimum absolute atomic E-state index is 0.0496. The Balaban J connectivity index is 2.10. The van der Waals surface area contributed by atoms with E-state index in [1.165, 1.54) is 0 Å². The first-order valence-corrected chi connectivity index (χ1v) is 6.87. The van der Waals surface area contributed by atoms with Crippen molar-refractivity contribution in [1.82, 2.24) is 4.90 Å². The Hall–Kier alpha value is -2.49. The molecule has 1 amide bonds. The molecule has 4 heteroatoms. The van der Waals surface area contributed by atoms with E-state index in [-0.39, 0.29) is 24.1 Å². The van der Waals surface area contributed by atoms with Crippen LogP contribution < -0.4 is 5.73 Å². The van der Waals surface area contributed by atoms with Crippen LogP contribution in [0.4, 0.5) is 5.69 Å². The van der Waals surface area contributed by atoms with E-state index in [9.17, 15) is 9.90 Å². The Morgan fingerprint density at radius 1 is 1.24 bits per heavy atom. The number of carbonyl (C=O) groups excluding carboxylic acids is 1. The van der Waals surface area contributed by atoms with Crippen molar-refractivity contribution in [2.75, 3.05) is 12.8 Å². The van der Waals surface area contributed by atoms with Crippen molar-refractivity contribution < 1.29 is 9.90 Å². The number of aromatic hydroxyl groups is 1. The van der Waals surface area contributed by atoms with Gasteiger partial charge in [-0.1, -0.05) is 30.3 Å². The van der Waals surface area contributed by atoms with Gasteiger partial charge in [0, 0.05) is 18.3 Å². The summed E-state index contributed by atoms with van der Waals surface area (Å²) >= 11 is 0. The van der Waals surface area contributed by atoms with Crippen LogP contribution in [0.25, 0.3) is 0 Å². The first-order valence-electron chi connectivity index (χ1n) is 6.87. The van der Waals surface area contributed by atoms with Crippen molar-refractivity contribution in [2.24, 2.45) is 0 Å². The topological polar surface area (TPSA) is 66.6 Å². The Kier molecular flexibility index (Phi) is 4.48. The number of phenolic OH excluding ortho intramolecular Hbond substituents is 1. The average molecular weight is 284 g/mol. The number of para-hydroxylation sites is 1. The van der Waals surface area contributed by atoms with E-state index in [0.29, 0.717) is 11.3 Å². The van der Waals surface area contributed by atoms with Gasteiger partial charge in [-0.2, -0.15) is 0 Å². The molecule has 0 aliphatic rings. The van der Waals surface area contributed by atoms with Gasteiger partial charge in [0.05, 0.1) is 12.5 Å². The highest BCUT2D eigenvalue weighted by Gasteiger charge is 2.18. The normalized spacial score (nSPS) is 11.9. The van der Waals surface area contributed by atoms with Gasteiger partial charge in [-0.3, -0.25) is 4.79 Å². The van der Waals surface area contributed by atoms with Gasteiger partial charge in [0.25, 0.3) is 0 Å². The molecule has 0 spiro atoms. The first kappa shape index (κ1) is 14.9. The Morgan fingerprint density at radius 3 is 2.62 bits per heavy atom. The van der Waals surface area contributed by atoms with Crippen LogP contribution >= 0.6 is 0 Å². The lowest BCUT2D eigenvalue weighted by atomic mass is 10.0. The van der Waals surface area contributed by atoms with E-state index in [0.717, 1.165) is 5.56 Å². The largest absolute Gasteiger partial charge is 0.508 e. The number of amides is 1. The van der Waals surface area contributed by atoms with Gasteiger partial charge < -0.3 is 15.7 Å². The van der Waals surface area contributed by atoms with Crippen LogP contribution in [0.2, 0.25) is 0 Å². The van der Waals surface area contributed by atoms with Crippen molar-refractivity contribution in [1.29, 1.82) is 0 Å². The van der Waals surface area contributed by atoms with Crippen LogP contribution in [-0.4, -0.2) is 23.0 Å². The zero-order valence-corrected chi connectivity index (χ0v) is 12.3. The monoisotopic (exact) mass is 284 g/mol. The lowest BCUT2D eigenvalue weighted by Gasteiger charge is -2.25. The summed E-state index contributed by atoms with van der Waals surface area (Å²) in [6.45, 7) is 1.96. The van der Waals surface area contributed by atoms with Crippen molar-refractivity contribution in [2.45, 2.75) is 19.4 Å². The Morgan fingerprint density at radius 2 is 1.95 bits per heavy atom. The standard InChI is InChI=1S/C17H20N2O2/c1-12(13-7-5-8-15(18)10-13)19(2)17(21)11-14-6-3-4-9-16(14)20/h3-10,12,20H,11,18H2,1-2H3. The molecule has 2 aromatic rings. The van der Waals surface area contributed by atoms with E-state index in [1.54, 1.807) is 30.1 Å². The van der Waals surface area contributed by atoms with Crippen molar-refractivity contribution in [3.8, 4) is 5.75 Å². The highest BCUT2D eigenvalue weighted by Crippen LogP contribution is 2.23. The molecule has 4 nitrogen and oxygen atoms in total. The number of likely N-dealkylation sites (N-methyl/N-ethyl adjacent to an activating group) is 1. The third-order valence-corrected chi connectivity index (χ3v) is 3.70. The summed E-state index contributed by atoms with van der Waals surface area (Å²) in [5.74, 6) is 0.0993. The first-order chi connectivity index (χ1) is 9.99. The number of carbonyl (C=O) groups is 1. The molecule has 0 aliphatic heterocycles. The molecule has 2 rings (SSSR count). The Bertz CT molecular complexity index is 640. The number of hydrogen-bond acceptors (Lipinski definition) is 3. The Labute approximate surface area is 124 Å². The highest BCUT2D eigenvalue weighted by molar-refractivity contribution is 5.79. The number of benzene rings is 2. The fourth-order valence-electron chi connectivity index (χ4n) is 2.21. The van der Waals surface area contributed by atoms with E-state index < -0.39 is 0 Å². The minimum atomic E-state index is -0.0770. The summed E-state index contributed by atoms with van der Waals surface area (Å²) in [4.78, 5) is 14.0. The fourth-order valence-corrected chi connectivity index (χ4v) is 2.21. The zero-order chi connectivity index (χ0) is 15.4. The van der Waals surface area contributed by atoms with Crippen LogP contribution in [0.3, 0.4) is 0 Å². The predicted octanol–water partition coefficient (Wildman–Crippen LogP) is 2.74. The number of rotatable bonds is 4. The maximum absolute atomic E-state index is 12.3. The van der Waals surface area contributed by atoms with Crippen molar-refractivity contribution >= 4 is 11.6 Å². The number of nitrogens with two attached hydrogens (primary N) is 1. The van der Waals surface area contributed by atoms with Crippen LogP contribution in [0.15, 0.2) is 48.5 Å². The summed E-state index contributed by atoms with van der Waals surface area (Å²) < 4.78 is 0. The zero-order valence-electron chi connectivity index (χ0n) is 12.3. The van der Waals surface area contributed by atoms with Gasteiger partial charge in [0.1, 0.15) is 5.75 Å². The highest BCUT2D eigenvalue weighted by atomic mass is 16.3. The molecule has 3 N–H and O–H groups in total. The fraction of sp³-hybridized carbons (Fsp3) is 0.235. The van der Waals surface area contributed by atoms with Crippen LogP contribution in [0.1, 0.15) is 24.1 Å². The third kappa shape index (κ3) is 3.54. The van der Waals surface area contributed by atoms with E-state index >= 15 is 0 Å². The predicted molar refractivity (Wildman–Crippen MR) is 83.9 cm³/mol. The van der Waals surface area contributed by atoms with E-state index in [2.05, 4.69) is 0 Å². The number of nitrogen functional groups attached to an aromatic ring is 1. The molecule has 0 aliphatic carbocycles. The molecule has 1 unspecified atom stereocenters. The summed E-state index contributed by atoms with van der Waals surface area (Å²) in [5, 5.41) is 9.75. The second-order valence-electron chi connectivity index (χ2n) is 5.16. The number of phenols is 1. The smallest absolute Gasteiger partial charge is 0.227 e. The SMILES string of the molecule is CC(c1cccc(N)c1)N(C)C(=O)Cc1ccccc1O. The number of anilines is 1. The maximum atomic E-state index is 12.3. The molecule has 0 saturated carbocycles. The molecular weight excluding hydrogens is 264 g/mol. The molecule has 0 heterocycles. The number of hydrogen-bond donors (Lipinski definition) is 2. The van der Waals surface area contributed by atoms with Crippen molar-refractivity contribution in [3.63, 3.8) is 0 Å². The van der Waals surface area contributed by atoms with Crippen molar-refractivity contribution in [3.05, 3.63) is 59.7 Å². The van der Waals surface area contributed by atoms with Crippen LogP contribution in [0.5, 0.6) is 5.75 Å². The summed E-state index contributed by atoms with van der Waals surface area (Å²) in [7, 11) is 1.76. The quantitative estimate of drug-likeness (QED) is 0.848. The van der Waals surface area contributed by atoms with Gasteiger partial charge in [-0.25, -0.2) is 0 Å². The van der Waals surface area contributed by atoms with E-state index in [1.807, 2.05) is 37.3 Å². The maximum Gasteiger partial charge on any atom is 0.227 e. The van der Waals surface area contributed by atoms with Gasteiger partial charge in [-0.15, -0.1) is 0 Å². The molecule has 0 fully saturated rings. The second-order valence-corrected chi connectivity index (χ2v) is 5.16. The number of nitrogens with zero attached hydrogens (tertiary/aromatic N) is 1. The van der Waals surface area contributed by atoms with Crippen LogP contribution in [0, 0.1) is 0 Å². The minimum Gasteiger partial charge on any atom is -0.508 e. The lowest BCUT2D eigenvalue weighted by molar-refractivity contribution is -0.131. The van der Waals surface area contributed by atoms with E-state index in [4.69, 9.17) is 5.73 Å². The molecule has 0 bridgehead atoms. The third-order valence-electron chi connectivity index (χ3n) is 3.70. The molecule has 21 heavy (non-hydrogen) atoms. The molecule has 0 radical (unpaired) electrons. The van der Waals surface area contributed by atoms with Gasteiger partial charge in [0.2, 0.25) is 5.91 Å². The molecule has 110 valence electrons. The van der Waals surface area contributed by atoms with Crippen LogP contribution in [-0.2, 0) is 11.2 Å². The molecule has 0 aromatic heterocycles. The molecule has 1 atom stereocenters. The average Bonchev–Trinajstić information content (AvgIpc) is 2.48. The molecular formula is C17H20N2O2. The second kappa shape index (κ2) is 6.31. The molecule has 0 saturated heterocycles. The summed E-state index contributed by atoms with van der Waals surface area (Å²) in [6.07, 6.45) is 0.176.